The Morgan fingerprint density at radius 2 is 1.48 bits per heavy atom. The summed E-state index contributed by atoms with van der Waals surface area (Å²) in [4.78, 5) is 2.68. The Labute approximate surface area is 268 Å². The molecular weight excluding hydrogens is 613 g/mol. The van der Waals surface area contributed by atoms with Crippen molar-refractivity contribution in [3.63, 3.8) is 0 Å². The first-order chi connectivity index (χ1) is 21.3. The normalized spacial score (nSPS) is 22.0. The first-order valence-corrected chi connectivity index (χ1v) is 17.1. The molecule has 44 heavy (non-hydrogen) atoms. The number of aromatic hydroxyl groups is 1. The zero-order valence-electron chi connectivity index (χ0n) is 24.0. The van der Waals surface area contributed by atoms with Crippen molar-refractivity contribution in [2.75, 3.05) is 31.5 Å². The van der Waals surface area contributed by atoms with E-state index >= 15 is 0 Å². The summed E-state index contributed by atoms with van der Waals surface area (Å²) < 4.78 is 29.6. The van der Waals surface area contributed by atoms with Crippen molar-refractivity contribution in [2.24, 2.45) is 5.92 Å². The molecular formula is C35H33Cl2N3O3S. The van der Waals surface area contributed by atoms with Crippen LogP contribution in [0.15, 0.2) is 108 Å². The Balaban J connectivity index is 1.13. The van der Waals surface area contributed by atoms with E-state index in [2.05, 4.69) is 70.9 Å². The first-order valence-electron chi connectivity index (χ1n) is 14.9. The molecule has 2 heterocycles. The lowest BCUT2D eigenvalue weighted by atomic mass is 9.77. The minimum Gasteiger partial charge on any atom is -0.506 e. The molecule has 7 rings (SSSR count). The fraction of sp³-hybridized carbons (Fsp3) is 0.257. The molecule has 3 aliphatic rings. The third-order valence-corrected chi connectivity index (χ3v) is 11.6. The second-order valence-electron chi connectivity index (χ2n) is 11.7. The molecule has 0 bridgehead atoms. The van der Waals surface area contributed by atoms with Crippen molar-refractivity contribution in [2.45, 2.75) is 29.3 Å². The molecule has 4 aromatic carbocycles. The number of rotatable bonds is 6. The van der Waals surface area contributed by atoms with Crippen LogP contribution in [0.4, 0.5) is 5.69 Å². The van der Waals surface area contributed by atoms with Gasteiger partial charge < -0.3 is 10.4 Å². The van der Waals surface area contributed by atoms with Crippen LogP contribution in [-0.4, -0.2) is 48.9 Å². The number of allylic oxidation sites excluding steroid dienone is 2. The van der Waals surface area contributed by atoms with Crippen LogP contribution in [0.2, 0.25) is 10.0 Å². The first kappa shape index (κ1) is 29.4. The second-order valence-corrected chi connectivity index (χ2v) is 14.5. The molecule has 1 saturated heterocycles. The van der Waals surface area contributed by atoms with E-state index < -0.39 is 10.0 Å². The summed E-state index contributed by atoms with van der Waals surface area (Å²) in [7, 11) is -3.71. The quantitative estimate of drug-likeness (QED) is 0.211. The van der Waals surface area contributed by atoms with E-state index in [1.807, 2.05) is 24.3 Å². The topological polar surface area (TPSA) is 72.9 Å². The van der Waals surface area contributed by atoms with E-state index in [0.717, 1.165) is 17.7 Å². The Morgan fingerprint density at radius 1 is 0.818 bits per heavy atom. The van der Waals surface area contributed by atoms with Crippen LogP contribution in [-0.2, 0) is 10.0 Å². The number of sulfonamides is 1. The van der Waals surface area contributed by atoms with E-state index in [4.69, 9.17) is 23.2 Å². The van der Waals surface area contributed by atoms with Gasteiger partial charge in [-0.25, -0.2) is 8.42 Å². The Bertz CT molecular complexity index is 1770. The van der Waals surface area contributed by atoms with Gasteiger partial charge in [-0.05, 0) is 59.4 Å². The van der Waals surface area contributed by atoms with Crippen molar-refractivity contribution < 1.29 is 13.5 Å². The van der Waals surface area contributed by atoms with E-state index in [1.165, 1.54) is 17.2 Å². The number of phenols is 1. The molecule has 0 spiro atoms. The molecule has 0 aromatic heterocycles. The number of halogens is 2. The van der Waals surface area contributed by atoms with Crippen LogP contribution >= 0.6 is 23.2 Å². The van der Waals surface area contributed by atoms with Gasteiger partial charge in [0.25, 0.3) is 0 Å². The Morgan fingerprint density at radius 3 is 2.14 bits per heavy atom. The zero-order chi connectivity index (χ0) is 30.4. The number of hydrogen-bond donors (Lipinski definition) is 2. The zero-order valence-corrected chi connectivity index (χ0v) is 26.3. The molecule has 4 aromatic rings. The van der Waals surface area contributed by atoms with E-state index in [-0.39, 0.29) is 34.7 Å². The summed E-state index contributed by atoms with van der Waals surface area (Å²) in [6.07, 6.45) is 5.05. The summed E-state index contributed by atoms with van der Waals surface area (Å²) >= 11 is 12.6. The maximum Gasteiger partial charge on any atom is 0.243 e. The highest BCUT2D eigenvalue weighted by Gasteiger charge is 2.40. The predicted octanol–water partition coefficient (Wildman–Crippen LogP) is 7.62. The molecule has 3 unspecified atom stereocenters. The van der Waals surface area contributed by atoms with Crippen LogP contribution in [0.3, 0.4) is 0 Å². The number of hydrogen-bond acceptors (Lipinski definition) is 5. The fourth-order valence-electron chi connectivity index (χ4n) is 7.10. The number of fused-ring (bicyclic) bond motifs is 3. The summed E-state index contributed by atoms with van der Waals surface area (Å²) in [5.41, 5.74) is 4.83. The standard InChI is InChI=1S/C35H33Cl2N3O3S/c36-25-20-30(35(41)31(37)21-25)33-28-13-7-12-27(28)29-22-26(14-15-32(29)38-33)44(42,43)40-18-16-39(17-19-40)34(23-8-3-1-4-9-23)24-10-5-2-6-11-24/h1-12,14-15,20-22,27-28,33-34,38,41H,13,16-19H2. The van der Waals surface area contributed by atoms with Crippen molar-refractivity contribution in [3.05, 3.63) is 135 Å². The third kappa shape index (κ3) is 5.31. The van der Waals surface area contributed by atoms with Gasteiger partial charge in [0.05, 0.1) is 22.0 Å². The van der Waals surface area contributed by atoms with Crippen LogP contribution in [0.25, 0.3) is 0 Å². The molecule has 2 aliphatic heterocycles. The van der Waals surface area contributed by atoms with E-state index in [9.17, 15) is 13.5 Å². The lowest BCUT2D eigenvalue weighted by molar-refractivity contribution is 0.156. The molecule has 6 nitrogen and oxygen atoms in total. The molecule has 0 amide bonds. The SMILES string of the molecule is O=S(=O)(c1ccc2c(c1)C1C=CCC1C(c1cc(Cl)cc(Cl)c1O)N2)N1CCN(C(c2ccccc2)c2ccccc2)CC1. The third-order valence-electron chi connectivity index (χ3n) is 9.23. The highest BCUT2D eigenvalue weighted by Crippen LogP contribution is 2.52. The van der Waals surface area contributed by atoms with Gasteiger partial charge in [-0.2, -0.15) is 4.31 Å². The largest absolute Gasteiger partial charge is 0.506 e. The van der Waals surface area contributed by atoms with Gasteiger partial charge in [-0.3, -0.25) is 4.90 Å². The highest BCUT2D eigenvalue weighted by atomic mass is 35.5. The molecule has 2 N–H and O–H groups in total. The van der Waals surface area contributed by atoms with Crippen molar-refractivity contribution >= 4 is 38.9 Å². The number of anilines is 1. The molecule has 3 atom stereocenters. The number of piperazine rings is 1. The monoisotopic (exact) mass is 645 g/mol. The summed E-state index contributed by atoms with van der Waals surface area (Å²) in [6, 6.07) is 29.3. The van der Waals surface area contributed by atoms with Crippen LogP contribution in [0.5, 0.6) is 5.75 Å². The minimum absolute atomic E-state index is 0.00194. The van der Waals surface area contributed by atoms with Gasteiger partial charge in [0.1, 0.15) is 5.75 Å². The second kappa shape index (κ2) is 11.9. The molecule has 9 heteroatoms. The molecule has 1 aliphatic carbocycles. The lowest BCUT2D eigenvalue weighted by Gasteiger charge is -2.40. The van der Waals surface area contributed by atoms with Crippen LogP contribution in [0, 0.1) is 5.92 Å². The van der Waals surface area contributed by atoms with Crippen molar-refractivity contribution in [3.8, 4) is 5.75 Å². The summed E-state index contributed by atoms with van der Waals surface area (Å²) in [6.45, 7) is 2.08. The van der Waals surface area contributed by atoms with Crippen LogP contribution in [0.1, 0.15) is 46.7 Å². The minimum atomic E-state index is -3.71. The number of nitrogens with zero attached hydrogens (tertiary/aromatic N) is 2. The predicted molar refractivity (Wildman–Crippen MR) is 176 cm³/mol. The van der Waals surface area contributed by atoms with Gasteiger partial charge in [0.2, 0.25) is 10.0 Å². The van der Waals surface area contributed by atoms with Gasteiger partial charge >= 0.3 is 0 Å². The summed E-state index contributed by atoms with van der Waals surface area (Å²) in [5.74, 6) is 0.0954. The maximum atomic E-state index is 14.0. The maximum absolute atomic E-state index is 14.0. The van der Waals surface area contributed by atoms with E-state index in [1.54, 1.807) is 16.4 Å². The number of nitrogens with one attached hydrogen (secondary N) is 1. The van der Waals surface area contributed by atoms with Gasteiger partial charge in [0.15, 0.2) is 0 Å². The highest BCUT2D eigenvalue weighted by molar-refractivity contribution is 7.89. The van der Waals surface area contributed by atoms with Crippen molar-refractivity contribution in [1.29, 1.82) is 0 Å². The number of phenolic OH excluding ortho intramolecular Hbond substituents is 1. The smallest absolute Gasteiger partial charge is 0.243 e. The molecule has 1 fully saturated rings. The van der Waals surface area contributed by atoms with E-state index in [0.29, 0.717) is 41.7 Å². The molecule has 0 radical (unpaired) electrons. The number of benzene rings is 4. The van der Waals surface area contributed by atoms with Gasteiger partial charge in [-0.1, -0.05) is 96.0 Å². The van der Waals surface area contributed by atoms with Gasteiger partial charge in [-0.15, -0.1) is 0 Å². The molecule has 0 saturated carbocycles. The van der Waals surface area contributed by atoms with Crippen LogP contribution < -0.4 is 5.32 Å². The fourth-order valence-corrected chi connectivity index (χ4v) is 9.07. The average molecular weight is 647 g/mol. The Kier molecular flexibility index (Phi) is 7.93. The van der Waals surface area contributed by atoms with Crippen molar-refractivity contribution in [1.82, 2.24) is 9.21 Å². The average Bonchev–Trinajstić information content (AvgIpc) is 3.54. The summed E-state index contributed by atoms with van der Waals surface area (Å²) in [5, 5.41) is 15.0. The lowest BCUT2D eigenvalue weighted by Crippen LogP contribution is -2.49. The van der Waals surface area contributed by atoms with Gasteiger partial charge in [0, 0.05) is 48.4 Å². The Hall–Kier alpha value is -3.33. The molecule has 226 valence electrons.